The van der Waals surface area contributed by atoms with Gasteiger partial charge < -0.3 is 20.3 Å². The molecule has 2 amide bonds. The highest BCUT2D eigenvalue weighted by Gasteiger charge is 2.21. The first kappa shape index (κ1) is 11.7. The van der Waals surface area contributed by atoms with Crippen LogP contribution in [0, 0.1) is 5.92 Å². The van der Waals surface area contributed by atoms with E-state index >= 15 is 0 Å². The van der Waals surface area contributed by atoms with Crippen LogP contribution in [0.3, 0.4) is 0 Å². The zero-order chi connectivity index (χ0) is 11.2. The van der Waals surface area contributed by atoms with E-state index in [1.165, 1.54) is 12.8 Å². The van der Waals surface area contributed by atoms with Crippen LogP contribution in [-0.2, 0) is 4.74 Å². The Balaban J connectivity index is 1.38. The number of urea groups is 1. The van der Waals surface area contributed by atoms with Crippen LogP contribution in [0.15, 0.2) is 0 Å². The maximum absolute atomic E-state index is 11.2. The number of carbonyl (C=O) groups excluding carboxylic acids is 1. The fourth-order valence-electron chi connectivity index (χ4n) is 1.74. The van der Waals surface area contributed by atoms with Crippen molar-refractivity contribution in [2.75, 3.05) is 45.9 Å². The Kier molecular flexibility index (Phi) is 4.42. The van der Waals surface area contributed by atoms with E-state index < -0.39 is 0 Å². The van der Waals surface area contributed by atoms with Crippen LogP contribution in [0.2, 0.25) is 0 Å². The summed E-state index contributed by atoms with van der Waals surface area (Å²) in [4.78, 5) is 13.0. The van der Waals surface area contributed by atoms with Crippen LogP contribution in [0.4, 0.5) is 4.79 Å². The van der Waals surface area contributed by atoms with Gasteiger partial charge in [0.1, 0.15) is 0 Å². The fraction of sp³-hybridized carbons (Fsp3) is 0.909. The molecule has 16 heavy (non-hydrogen) atoms. The number of ether oxygens (including phenoxy) is 1. The van der Waals surface area contributed by atoms with Gasteiger partial charge in [-0.05, 0) is 18.8 Å². The molecule has 0 bridgehead atoms. The molecule has 5 nitrogen and oxygen atoms in total. The van der Waals surface area contributed by atoms with Crippen molar-refractivity contribution in [2.45, 2.75) is 12.8 Å². The molecule has 92 valence electrons. The molecule has 2 aliphatic rings. The summed E-state index contributed by atoms with van der Waals surface area (Å²) in [6.07, 6.45) is 2.69. The molecule has 0 spiro atoms. The third-order valence-electron chi connectivity index (χ3n) is 2.98. The number of hydrogen-bond donors (Lipinski definition) is 2. The van der Waals surface area contributed by atoms with E-state index in [9.17, 15) is 4.79 Å². The molecule has 0 aromatic heterocycles. The molecule has 2 fully saturated rings. The lowest BCUT2D eigenvalue weighted by molar-refractivity contribution is 0.126. The predicted octanol–water partition coefficient (Wildman–Crippen LogP) is 0.0278. The first-order valence-corrected chi connectivity index (χ1v) is 6.17. The zero-order valence-corrected chi connectivity index (χ0v) is 9.71. The van der Waals surface area contributed by atoms with Crippen molar-refractivity contribution in [1.29, 1.82) is 0 Å². The first-order chi connectivity index (χ1) is 7.86. The highest BCUT2D eigenvalue weighted by Crippen LogP contribution is 2.28. The van der Waals surface area contributed by atoms with E-state index in [0.29, 0.717) is 0 Å². The van der Waals surface area contributed by atoms with Crippen molar-refractivity contribution in [2.24, 2.45) is 5.92 Å². The average Bonchev–Trinajstić information content (AvgIpc) is 3.01. The highest BCUT2D eigenvalue weighted by molar-refractivity contribution is 5.76. The lowest BCUT2D eigenvalue weighted by Gasteiger charge is -2.14. The number of carbonyl (C=O) groups is 1. The Hall–Kier alpha value is -0.810. The summed E-state index contributed by atoms with van der Waals surface area (Å²) in [5, 5.41) is 6.07. The Morgan fingerprint density at radius 2 is 2.31 bits per heavy atom. The monoisotopic (exact) mass is 227 g/mol. The van der Waals surface area contributed by atoms with Gasteiger partial charge in [-0.3, -0.25) is 0 Å². The molecule has 1 saturated carbocycles. The summed E-state index contributed by atoms with van der Waals surface area (Å²) in [5.74, 6) is 0.841. The van der Waals surface area contributed by atoms with Gasteiger partial charge in [0.15, 0.2) is 0 Å². The van der Waals surface area contributed by atoms with Crippen LogP contribution in [0.1, 0.15) is 12.8 Å². The van der Waals surface area contributed by atoms with Crippen molar-refractivity contribution in [3.05, 3.63) is 0 Å². The molecule has 0 aromatic carbocycles. The maximum atomic E-state index is 11.2. The SMILES string of the molecule is O=C1NCCN1CCNCCOCC1CC1. The minimum atomic E-state index is 0.0618. The van der Waals surface area contributed by atoms with E-state index in [1.54, 1.807) is 0 Å². The highest BCUT2D eigenvalue weighted by atomic mass is 16.5. The largest absolute Gasteiger partial charge is 0.380 e. The minimum Gasteiger partial charge on any atom is -0.380 e. The maximum Gasteiger partial charge on any atom is 0.317 e. The molecular formula is C11H21N3O2. The van der Waals surface area contributed by atoms with Gasteiger partial charge in [-0.15, -0.1) is 0 Å². The second-order valence-corrected chi connectivity index (χ2v) is 4.49. The second kappa shape index (κ2) is 6.06. The molecule has 1 aliphatic heterocycles. The van der Waals surface area contributed by atoms with Gasteiger partial charge in [-0.1, -0.05) is 0 Å². The van der Waals surface area contributed by atoms with Gasteiger partial charge in [0.2, 0.25) is 0 Å². The Bertz CT molecular complexity index is 231. The van der Waals surface area contributed by atoms with Crippen LogP contribution < -0.4 is 10.6 Å². The minimum absolute atomic E-state index is 0.0618. The molecule has 5 heteroatoms. The predicted molar refractivity (Wildman–Crippen MR) is 61.4 cm³/mol. The van der Waals surface area contributed by atoms with Gasteiger partial charge in [0.05, 0.1) is 6.61 Å². The Morgan fingerprint density at radius 3 is 3.00 bits per heavy atom. The third-order valence-corrected chi connectivity index (χ3v) is 2.98. The summed E-state index contributed by atoms with van der Waals surface area (Å²) in [5.41, 5.74) is 0. The van der Waals surface area contributed by atoms with Crippen LogP contribution in [0.25, 0.3) is 0 Å². The normalized spacial score (nSPS) is 20.2. The van der Waals surface area contributed by atoms with E-state index in [0.717, 1.165) is 51.9 Å². The van der Waals surface area contributed by atoms with Gasteiger partial charge in [-0.25, -0.2) is 4.79 Å². The van der Waals surface area contributed by atoms with Crippen molar-refractivity contribution < 1.29 is 9.53 Å². The van der Waals surface area contributed by atoms with Crippen LogP contribution >= 0.6 is 0 Å². The molecular weight excluding hydrogens is 206 g/mol. The van der Waals surface area contributed by atoms with Crippen molar-refractivity contribution >= 4 is 6.03 Å². The number of nitrogens with one attached hydrogen (secondary N) is 2. The second-order valence-electron chi connectivity index (χ2n) is 4.49. The van der Waals surface area contributed by atoms with Crippen molar-refractivity contribution in [3.8, 4) is 0 Å². The van der Waals surface area contributed by atoms with Gasteiger partial charge in [0.25, 0.3) is 0 Å². The van der Waals surface area contributed by atoms with E-state index in [1.807, 2.05) is 4.90 Å². The van der Waals surface area contributed by atoms with Gasteiger partial charge in [0, 0.05) is 39.3 Å². The van der Waals surface area contributed by atoms with E-state index in [4.69, 9.17) is 4.74 Å². The summed E-state index contributed by atoms with van der Waals surface area (Å²) in [7, 11) is 0. The quantitative estimate of drug-likeness (QED) is 0.575. The summed E-state index contributed by atoms with van der Waals surface area (Å²) >= 11 is 0. The smallest absolute Gasteiger partial charge is 0.317 e. The summed E-state index contributed by atoms with van der Waals surface area (Å²) in [6.45, 7) is 5.83. The molecule has 0 atom stereocenters. The van der Waals surface area contributed by atoms with Crippen LogP contribution in [0.5, 0.6) is 0 Å². The van der Waals surface area contributed by atoms with E-state index in [-0.39, 0.29) is 6.03 Å². The van der Waals surface area contributed by atoms with E-state index in [2.05, 4.69) is 10.6 Å². The Morgan fingerprint density at radius 1 is 1.44 bits per heavy atom. The summed E-state index contributed by atoms with van der Waals surface area (Å²) in [6, 6.07) is 0.0618. The molecule has 2 rings (SSSR count). The zero-order valence-electron chi connectivity index (χ0n) is 9.71. The van der Waals surface area contributed by atoms with Gasteiger partial charge >= 0.3 is 6.03 Å². The van der Waals surface area contributed by atoms with Crippen molar-refractivity contribution in [1.82, 2.24) is 15.5 Å². The number of hydrogen-bond acceptors (Lipinski definition) is 3. The van der Waals surface area contributed by atoms with Crippen LogP contribution in [-0.4, -0.2) is 56.9 Å². The standard InChI is InChI=1S/C11H21N3O2/c15-11-13-4-7-14(11)6-3-12-5-8-16-9-10-1-2-10/h10,12H,1-9H2,(H,13,15). The van der Waals surface area contributed by atoms with Crippen molar-refractivity contribution in [3.63, 3.8) is 0 Å². The number of rotatable bonds is 8. The lowest BCUT2D eigenvalue weighted by Crippen LogP contribution is -2.35. The average molecular weight is 227 g/mol. The van der Waals surface area contributed by atoms with Gasteiger partial charge in [-0.2, -0.15) is 0 Å². The molecule has 0 unspecified atom stereocenters. The Labute approximate surface area is 96.5 Å². The molecule has 1 aliphatic carbocycles. The topological polar surface area (TPSA) is 53.6 Å². The molecule has 0 aromatic rings. The molecule has 1 saturated heterocycles. The fourth-order valence-corrected chi connectivity index (χ4v) is 1.74. The molecule has 2 N–H and O–H groups in total. The molecule has 1 heterocycles. The molecule has 0 radical (unpaired) electrons. The number of nitrogens with zero attached hydrogens (tertiary/aromatic N) is 1. The summed E-state index contributed by atoms with van der Waals surface area (Å²) < 4.78 is 5.50. The third kappa shape index (κ3) is 3.98. The first-order valence-electron chi connectivity index (χ1n) is 6.17. The lowest BCUT2D eigenvalue weighted by atomic mass is 10.5. The number of amides is 2.